The molecule has 1 unspecified atom stereocenters. The average Bonchev–Trinajstić information content (AvgIpc) is 2.34. The van der Waals surface area contributed by atoms with Crippen molar-refractivity contribution in [3.8, 4) is 5.75 Å². The number of oxime groups is 1. The smallest absolute Gasteiger partial charge is 0.146 e. The van der Waals surface area contributed by atoms with Crippen LogP contribution in [-0.4, -0.2) is 25.6 Å². The van der Waals surface area contributed by atoms with Crippen molar-refractivity contribution in [2.75, 3.05) is 19.5 Å². The highest BCUT2D eigenvalue weighted by Gasteiger charge is 2.13. The standard InChI is InChI=1S/C11H17N3O2/c1-13-10-5-3-4-8(11(10)16-2)9(12)6-7-14-15/h3-5,7,9,13,15H,6,12H2,1-2H3. The predicted octanol–water partition coefficient (Wildman–Crippen LogP) is 1.59. The molecule has 16 heavy (non-hydrogen) atoms. The van der Waals surface area contributed by atoms with E-state index in [1.807, 2.05) is 25.2 Å². The minimum absolute atomic E-state index is 0.251. The Morgan fingerprint density at radius 1 is 1.62 bits per heavy atom. The summed E-state index contributed by atoms with van der Waals surface area (Å²) in [4.78, 5) is 0. The Balaban J connectivity index is 3.02. The van der Waals surface area contributed by atoms with Gasteiger partial charge in [0.05, 0.1) is 12.8 Å². The molecule has 0 aliphatic rings. The van der Waals surface area contributed by atoms with E-state index in [1.54, 1.807) is 7.11 Å². The molecule has 1 atom stereocenters. The zero-order chi connectivity index (χ0) is 12.0. The summed E-state index contributed by atoms with van der Waals surface area (Å²) in [5.41, 5.74) is 7.74. The Morgan fingerprint density at radius 2 is 2.38 bits per heavy atom. The van der Waals surface area contributed by atoms with E-state index in [9.17, 15) is 0 Å². The molecule has 88 valence electrons. The number of para-hydroxylation sites is 1. The van der Waals surface area contributed by atoms with E-state index in [4.69, 9.17) is 15.7 Å². The highest BCUT2D eigenvalue weighted by atomic mass is 16.5. The third kappa shape index (κ3) is 2.64. The second-order valence-corrected chi connectivity index (χ2v) is 3.32. The van der Waals surface area contributed by atoms with E-state index < -0.39 is 0 Å². The van der Waals surface area contributed by atoms with Crippen LogP contribution in [0.4, 0.5) is 5.69 Å². The monoisotopic (exact) mass is 223 g/mol. The molecule has 1 aromatic rings. The van der Waals surface area contributed by atoms with Gasteiger partial charge in [-0.25, -0.2) is 0 Å². The van der Waals surface area contributed by atoms with Gasteiger partial charge in [0.1, 0.15) is 5.75 Å². The summed E-state index contributed by atoms with van der Waals surface area (Å²) in [6.45, 7) is 0. The van der Waals surface area contributed by atoms with Crippen molar-refractivity contribution in [2.24, 2.45) is 10.9 Å². The number of anilines is 1. The molecule has 1 aromatic carbocycles. The number of nitrogens with two attached hydrogens (primary N) is 1. The molecule has 0 bridgehead atoms. The van der Waals surface area contributed by atoms with Gasteiger partial charge in [0.25, 0.3) is 0 Å². The Hall–Kier alpha value is -1.75. The van der Waals surface area contributed by atoms with E-state index >= 15 is 0 Å². The Morgan fingerprint density at radius 3 is 2.94 bits per heavy atom. The summed E-state index contributed by atoms with van der Waals surface area (Å²) in [6.07, 6.45) is 1.83. The topological polar surface area (TPSA) is 79.9 Å². The third-order valence-electron chi connectivity index (χ3n) is 2.36. The van der Waals surface area contributed by atoms with Crippen molar-refractivity contribution in [2.45, 2.75) is 12.5 Å². The first-order valence-corrected chi connectivity index (χ1v) is 5.00. The van der Waals surface area contributed by atoms with Gasteiger partial charge in [-0.1, -0.05) is 12.1 Å². The molecule has 5 heteroatoms. The first kappa shape index (κ1) is 12.3. The molecule has 0 spiro atoms. The van der Waals surface area contributed by atoms with Crippen LogP contribution in [0.2, 0.25) is 0 Å². The van der Waals surface area contributed by atoms with Crippen LogP contribution in [0.1, 0.15) is 18.0 Å². The zero-order valence-corrected chi connectivity index (χ0v) is 9.47. The molecule has 0 fully saturated rings. The number of nitrogens with one attached hydrogen (secondary N) is 1. The largest absolute Gasteiger partial charge is 0.494 e. The van der Waals surface area contributed by atoms with Crippen molar-refractivity contribution in [3.05, 3.63) is 23.8 Å². The summed E-state index contributed by atoms with van der Waals surface area (Å²) >= 11 is 0. The maximum atomic E-state index is 8.36. The van der Waals surface area contributed by atoms with E-state index in [1.165, 1.54) is 6.21 Å². The molecular weight excluding hydrogens is 206 g/mol. The highest BCUT2D eigenvalue weighted by molar-refractivity contribution is 5.63. The molecule has 0 amide bonds. The van der Waals surface area contributed by atoms with Crippen LogP contribution in [-0.2, 0) is 0 Å². The van der Waals surface area contributed by atoms with Gasteiger partial charge in [0.2, 0.25) is 0 Å². The van der Waals surface area contributed by atoms with Gasteiger partial charge < -0.3 is 21.0 Å². The van der Waals surface area contributed by atoms with Gasteiger partial charge in [-0.05, 0) is 6.07 Å². The molecule has 0 radical (unpaired) electrons. The van der Waals surface area contributed by atoms with Crippen LogP contribution < -0.4 is 15.8 Å². The van der Waals surface area contributed by atoms with Crippen LogP contribution in [0, 0.1) is 0 Å². The molecule has 0 saturated heterocycles. The Labute approximate surface area is 94.9 Å². The summed E-state index contributed by atoms with van der Waals surface area (Å²) < 4.78 is 5.32. The molecule has 0 heterocycles. The average molecular weight is 223 g/mol. The molecule has 0 aliphatic heterocycles. The van der Waals surface area contributed by atoms with Gasteiger partial charge in [0.15, 0.2) is 0 Å². The molecule has 0 aliphatic carbocycles. The van der Waals surface area contributed by atoms with Crippen molar-refractivity contribution >= 4 is 11.9 Å². The van der Waals surface area contributed by atoms with Gasteiger partial charge in [-0.2, -0.15) is 0 Å². The lowest BCUT2D eigenvalue weighted by Crippen LogP contribution is -2.12. The zero-order valence-electron chi connectivity index (χ0n) is 9.47. The molecule has 4 N–H and O–H groups in total. The number of hydrogen-bond donors (Lipinski definition) is 3. The van der Waals surface area contributed by atoms with Crippen LogP contribution >= 0.6 is 0 Å². The summed E-state index contributed by atoms with van der Waals surface area (Å²) in [5, 5.41) is 14.3. The Bertz CT molecular complexity index is 366. The SMILES string of the molecule is CNc1cccc(C(N)CC=NO)c1OC. The van der Waals surface area contributed by atoms with E-state index in [-0.39, 0.29) is 6.04 Å². The fourth-order valence-corrected chi connectivity index (χ4v) is 1.56. The minimum atomic E-state index is -0.251. The summed E-state index contributed by atoms with van der Waals surface area (Å²) in [7, 11) is 3.43. The van der Waals surface area contributed by atoms with Gasteiger partial charge in [0, 0.05) is 31.3 Å². The van der Waals surface area contributed by atoms with Gasteiger partial charge >= 0.3 is 0 Å². The van der Waals surface area contributed by atoms with Crippen molar-refractivity contribution < 1.29 is 9.94 Å². The second kappa shape index (κ2) is 5.97. The van der Waals surface area contributed by atoms with Crippen LogP contribution in [0.15, 0.2) is 23.4 Å². The molecule has 0 aromatic heterocycles. The van der Waals surface area contributed by atoms with E-state index in [0.717, 1.165) is 17.0 Å². The predicted molar refractivity (Wildman–Crippen MR) is 64.4 cm³/mol. The van der Waals surface area contributed by atoms with Gasteiger partial charge in [-0.3, -0.25) is 0 Å². The lowest BCUT2D eigenvalue weighted by molar-refractivity contribution is 0.320. The normalized spacial score (nSPS) is 12.7. The highest BCUT2D eigenvalue weighted by Crippen LogP contribution is 2.32. The number of benzene rings is 1. The molecular formula is C11H17N3O2. The number of methoxy groups -OCH3 is 1. The Kier molecular flexibility index (Phi) is 4.60. The van der Waals surface area contributed by atoms with E-state index in [2.05, 4.69) is 10.5 Å². The van der Waals surface area contributed by atoms with Crippen molar-refractivity contribution in [1.29, 1.82) is 0 Å². The van der Waals surface area contributed by atoms with Crippen molar-refractivity contribution in [3.63, 3.8) is 0 Å². The van der Waals surface area contributed by atoms with Crippen molar-refractivity contribution in [1.82, 2.24) is 0 Å². The second-order valence-electron chi connectivity index (χ2n) is 3.32. The molecule has 1 rings (SSSR count). The molecule has 5 nitrogen and oxygen atoms in total. The van der Waals surface area contributed by atoms with Crippen LogP contribution in [0.5, 0.6) is 5.75 Å². The summed E-state index contributed by atoms with van der Waals surface area (Å²) in [6, 6.07) is 5.46. The fraction of sp³-hybridized carbons (Fsp3) is 0.364. The first-order chi connectivity index (χ1) is 7.74. The first-order valence-electron chi connectivity index (χ1n) is 5.00. The summed E-state index contributed by atoms with van der Waals surface area (Å²) in [5.74, 6) is 0.726. The van der Waals surface area contributed by atoms with Crippen LogP contribution in [0.25, 0.3) is 0 Å². The fourth-order valence-electron chi connectivity index (χ4n) is 1.56. The number of hydrogen-bond acceptors (Lipinski definition) is 5. The van der Waals surface area contributed by atoms with E-state index in [0.29, 0.717) is 6.42 Å². The number of ether oxygens (including phenoxy) is 1. The number of rotatable bonds is 5. The third-order valence-corrected chi connectivity index (χ3v) is 2.36. The lowest BCUT2D eigenvalue weighted by atomic mass is 10.0. The molecule has 0 saturated carbocycles. The maximum Gasteiger partial charge on any atom is 0.146 e. The number of nitrogens with zero attached hydrogens (tertiary/aromatic N) is 1. The lowest BCUT2D eigenvalue weighted by Gasteiger charge is -2.16. The maximum absolute atomic E-state index is 8.36. The van der Waals surface area contributed by atoms with Crippen LogP contribution in [0.3, 0.4) is 0 Å². The quantitative estimate of drug-likeness (QED) is 0.402. The van der Waals surface area contributed by atoms with Gasteiger partial charge in [-0.15, -0.1) is 5.16 Å². The minimum Gasteiger partial charge on any atom is -0.494 e.